The lowest BCUT2D eigenvalue weighted by molar-refractivity contribution is 0.0465. The normalized spacial score (nSPS) is 23.9. The summed E-state index contributed by atoms with van der Waals surface area (Å²) in [5.74, 6) is 0.389. The monoisotopic (exact) mass is 286 g/mol. The lowest BCUT2D eigenvalue weighted by Crippen LogP contribution is -2.53. The Morgan fingerprint density at radius 1 is 1.35 bits per heavy atom. The molecule has 1 atom stereocenters. The number of aliphatic hydroxyl groups excluding tert-OH is 1. The summed E-state index contributed by atoms with van der Waals surface area (Å²) in [7, 11) is 0. The molecule has 118 valence electrons. The SMILES string of the molecule is CC(CO)CCCNC1CC(NC(=O)OC(C)(C)C)C1. The maximum atomic E-state index is 11.6. The highest BCUT2D eigenvalue weighted by molar-refractivity contribution is 5.68. The molecule has 3 N–H and O–H groups in total. The van der Waals surface area contributed by atoms with Crippen molar-refractivity contribution in [2.45, 2.75) is 71.1 Å². The maximum absolute atomic E-state index is 11.6. The van der Waals surface area contributed by atoms with Crippen LogP contribution in [0.5, 0.6) is 0 Å². The first-order valence-corrected chi connectivity index (χ1v) is 7.64. The Balaban J connectivity index is 2.01. The molecule has 0 aromatic heterocycles. The molecule has 20 heavy (non-hydrogen) atoms. The number of alkyl carbamates (subject to hydrolysis) is 1. The molecule has 1 saturated carbocycles. The first kappa shape index (κ1) is 17.2. The third-order valence-corrected chi connectivity index (χ3v) is 3.48. The van der Waals surface area contributed by atoms with Crippen molar-refractivity contribution in [1.82, 2.24) is 10.6 Å². The van der Waals surface area contributed by atoms with E-state index in [0.717, 1.165) is 32.2 Å². The van der Waals surface area contributed by atoms with Gasteiger partial charge in [-0.2, -0.15) is 0 Å². The van der Waals surface area contributed by atoms with E-state index in [1.807, 2.05) is 20.8 Å². The van der Waals surface area contributed by atoms with E-state index in [-0.39, 0.29) is 18.7 Å². The number of hydrogen-bond donors (Lipinski definition) is 3. The zero-order valence-corrected chi connectivity index (χ0v) is 13.2. The van der Waals surface area contributed by atoms with Crippen LogP contribution in [0.4, 0.5) is 4.79 Å². The van der Waals surface area contributed by atoms with Crippen LogP contribution in [0.2, 0.25) is 0 Å². The van der Waals surface area contributed by atoms with Crippen molar-refractivity contribution in [3.63, 3.8) is 0 Å². The lowest BCUT2D eigenvalue weighted by Gasteiger charge is -2.36. The van der Waals surface area contributed by atoms with Crippen molar-refractivity contribution < 1.29 is 14.6 Å². The highest BCUT2D eigenvalue weighted by Crippen LogP contribution is 2.20. The van der Waals surface area contributed by atoms with Gasteiger partial charge in [-0.15, -0.1) is 0 Å². The largest absolute Gasteiger partial charge is 0.444 e. The predicted octanol–water partition coefficient (Wildman–Crippen LogP) is 2.04. The molecule has 0 aliphatic heterocycles. The van der Waals surface area contributed by atoms with E-state index in [4.69, 9.17) is 9.84 Å². The van der Waals surface area contributed by atoms with E-state index in [1.165, 1.54) is 0 Å². The maximum Gasteiger partial charge on any atom is 0.407 e. The van der Waals surface area contributed by atoms with Gasteiger partial charge < -0.3 is 20.5 Å². The summed E-state index contributed by atoms with van der Waals surface area (Å²) >= 11 is 0. The Morgan fingerprint density at radius 3 is 2.55 bits per heavy atom. The molecule has 1 fully saturated rings. The number of nitrogens with one attached hydrogen (secondary N) is 2. The number of ether oxygens (including phenoxy) is 1. The average molecular weight is 286 g/mol. The number of carbonyl (C=O) groups excluding carboxylic acids is 1. The second-order valence-corrected chi connectivity index (χ2v) is 6.90. The number of aliphatic hydroxyl groups is 1. The highest BCUT2D eigenvalue weighted by Gasteiger charge is 2.31. The molecule has 5 heteroatoms. The van der Waals surface area contributed by atoms with Gasteiger partial charge in [0.05, 0.1) is 0 Å². The topological polar surface area (TPSA) is 70.6 Å². The number of rotatable bonds is 7. The third kappa shape index (κ3) is 7.10. The van der Waals surface area contributed by atoms with E-state index >= 15 is 0 Å². The zero-order valence-electron chi connectivity index (χ0n) is 13.2. The van der Waals surface area contributed by atoms with Crippen LogP contribution in [0.15, 0.2) is 0 Å². The van der Waals surface area contributed by atoms with Gasteiger partial charge in [-0.05, 0) is 58.9 Å². The summed E-state index contributed by atoms with van der Waals surface area (Å²) in [6.07, 6.45) is 3.75. The zero-order chi connectivity index (χ0) is 15.2. The summed E-state index contributed by atoms with van der Waals surface area (Å²) in [5.41, 5.74) is -0.436. The van der Waals surface area contributed by atoms with Gasteiger partial charge in [-0.3, -0.25) is 0 Å². The Morgan fingerprint density at radius 2 is 2.00 bits per heavy atom. The summed E-state index contributed by atoms with van der Waals surface area (Å²) in [6.45, 7) is 8.91. The molecule has 0 bridgehead atoms. The van der Waals surface area contributed by atoms with Crippen LogP contribution in [0.1, 0.15) is 53.4 Å². The quantitative estimate of drug-likeness (QED) is 0.626. The molecule has 1 unspecified atom stereocenters. The fourth-order valence-corrected chi connectivity index (χ4v) is 2.22. The van der Waals surface area contributed by atoms with Crippen molar-refractivity contribution in [3.8, 4) is 0 Å². The molecule has 0 saturated heterocycles. The van der Waals surface area contributed by atoms with Gasteiger partial charge in [0.15, 0.2) is 0 Å². The summed E-state index contributed by atoms with van der Waals surface area (Å²) in [6, 6.07) is 0.734. The Labute approximate surface area is 122 Å². The van der Waals surface area contributed by atoms with Crippen LogP contribution >= 0.6 is 0 Å². The molecule has 1 aliphatic carbocycles. The lowest BCUT2D eigenvalue weighted by atomic mass is 9.87. The Bertz CT molecular complexity index is 296. The van der Waals surface area contributed by atoms with Gasteiger partial charge in [-0.25, -0.2) is 4.79 Å². The van der Waals surface area contributed by atoms with Crippen LogP contribution in [0, 0.1) is 5.92 Å². The van der Waals surface area contributed by atoms with Crippen LogP contribution < -0.4 is 10.6 Å². The minimum absolute atomic E-state index is 0.235. The molecule has 5 nitrogen and oxygen atoms in total. The van der Waals surface area contributed by atoms with Crippen molar-refractivity contribution in [1.29, 1.82) is 0 Å². The molecule has 1 amide bonds. The standard InChI is InChI=1S/C15H30N2O3/c1-11(10-18)6-5-7-16-12-8-13(9-12)17-14(19)20-15(2,3)4/h11-13,16,18H,5-10H2,1-4H3,(H,17,19). The van der Waals surface area contributed by atoms with E-state index in [2.05, 4.69) is 17.6 Å². The van der Waals surface area contributed by atoms with Gasteiger partial charge in [0.25, 0.3) is 0 Å². The average Bonchev–Trinajstić information content (AvgIpc) is 2.27. The molecule has 0 spiro atoms. The molecule has 0 aromatic rings. The van der Waals surface area contributed by atoms with E-state index in [1.54, 1.807) is 0 Å². The van der Waals surface area contributed by atoms with Gasteiger partial charge in [-0.1, -0.05) is 6.92 Å². The molecule has 0 aromatic carbocycles. The number of carbonyl (C=O) groups is 1. The fraction of sp³-hybridized carbons (Fsp3) is 0.933. The molecule has 1 rings (SSSR count). The Hall–Kier alpha value is -0.810. The molecular weight excluding hydrogens is 256 g/mol. The van der Waals surface area contributed by atoms with E-state index < -0.39 is 5.60 Å². The minimum Gasteiger partial charge on any atom is -0.444 e. The van der Waals surface area contributed by atoms with Crippen molar-refractivity contribution in [2.24, 2.45) is 5.92 Å². The van der Waals surface area contributed by atoms with Gasteiger partial charge in [0.1, 0.15) is 5.60 Å². The minimum atomic E-state index is -0.436. The Kier molecular flexibility index (Phi) is 6.76. The van der Waals surface area contributed by atoms with Crippen molar-refractivity contribution in [2.75, 3.05) is 13.2 Å². The smallest absolute Gasteiger partial charge is 0.407 e. The van der Waals surface area contributed by atoms with E-state index in [0.29, 0.717) is 12.0 Å². The predicted molar refractivity (Wildman–Crippen MR) is 79.7 cm³/mol. The summed E-state index contributed by atoms with van der Waals surface area (Å²) < 4.78 is 5.22. The number of amides is 1. The van der Waals surface area contributed by atoms with Crippen LogP contribution in [0.25, 0.3) is 0 Å². The van der Waals surface area contributed by atoms with Gasteiger partial charge in [0, 0.05) is 18.7 Å². The highest BCUT2D eigenvalue weighted by atomic mass is 16.6. The molecule has 0 radical (unpaired) electrons. The van der Waals surface area contributed by atoms with Crippen LogP contribution in [0.3, 0.4) is 0 Å². The fourth-order valence-electron chi connectivity index (χ4n) is 2.22. The first-order chi connectivity index (χ1) is 9.30. The second kappa shape index (κ2) is 7.84. The van der Waals surface area contributed by atoms with E-state index in [9.17, 15) is 4.79 Å². The third-order valence-electron chi connectivity index (χ3n) is 3.48. The second-order valence-electron chi connectivity index (χ2n) is 6.90. The van der Waals surface area contributed by atoms with Crippen molar-refractivity contribution >= 4 is 6.09 Å². The molecule has 0 heterocycles. The molecular formula is C15H30N2O3. The summed E-state index contributed by atoms with van der Waals surface area (Å²) in [5, 5.41) is 15.3. The number of hydrogen-bond acceptors (Lipinski definition) is 4. The van der Waals surface area contributed by atoms with Crippen molar-refractivity contribution in [3.05, 3.63) is 0 Å². The van der Waals surface area contributed by atoms with Crippen LogP contribution in [-0.2, 0) is 4.74 Å². The first-order valence-electron chi connectivity index (χ1n) is 7.64. The van der Waals surface area contributed by atoms with Gasteiger partial charge in [0.2, 0.25) is 0 Å². The van der Waals surface area contributed by atoms with Crippen LogP contribution in [-0.4, -0.2) is 42.0 Å². The molecule has 1 aliphatic rings. The summed E-state index contributed by atoms with van der Waals surface area (Å²) in [4.78, 5) is 11.6. The van der Waals surface area contributed by atoms with Gasteiger partial charge >= 0.3 is 6.09 Å².